The molecule has 0 aromatic carbocycles. The summed E-state index contributed by atoms with van der Waals surface area (Å²) in [6.45, 7) is 6.94. The largest absolute Gasteiger partial charge is 0.328 e. The lowest BCUT2D eigenvalue weighted by atomic mass is 9.96. The third kappa shape index (κ3) is 3.65. The van der Waals surface area contributed by atoms with Gasteiger partial charge in [0.05, 0.1) is 0 Å². The van der Waals surface area contributed by atoms with Crippen molar-refractivity contribution in [1.29, 1.82) is 0 Å². The molecular formula is C11H24N2. The maximum atomic E-state index is 5.85. The zero-order valence-corrected chi connectivity index (χ0v) is 9.13. The van der Waals surface area contributed by atoms with Gasteiger partial charge in [0.15, 0.2) is 0 Å². The normalized spacial score (nSPS) is 27.5. The first kappa shape index (κ1) is 11.0. The second-order valence-corrected chi connectivity index (χ2v) is 4.40. The lowest BCUT2D eigenvalue weighted by Crippen LogP contribution is -2.42. The maximum absolute atomic E-state index is 5.85. The van der Waals surface area contributed by atoms with Gasteiger partial charge >= 0.3 is 0 Å². The third-order valence-electron chi connectivity index (χ3n) is 2.90. The Labute approximate surface area is 82.5 Å². The van der Waals surface area contributed by atoms with Gasteiger partial charge in [-0.3, -0.25) is 0 Å². The van der Waals surface area contributed by atoms with E-state index in [0.29, 0.717) is 6.04 Å². The molecule has 1 heterocycles. The van der Waals surface area contributed by atoms with E-state index in [1.54, 1.807) is 0 Å². The third-order valence-corrected chi connectivity index (χ3v) is 2.90. The molecule has 0 bridgehead atoms. The molecule has 0 radical (unpaired) electrons. The lowest BCUT2D eigenvalue weighted by Gasteiger charge is -2.36. The van der Waals surface area contributed by atoms with Crippen LogP contribution in [0.25, 0.3) is 0 Å². The molecule has 1 fully saturated rings. The Hall–Kier alpha value is -0.0800. The number of likely N-dealkylation sites (tertiary alicyclic amines) is 1. The second-order valence-electron chi connectivity index (χ2n) is 4.40. The van der Waals surface area contributed by atoms with Crippen LogP contribution in [0.5, 0.6) is 0 Å². The minimum atomic E-state index is 0.363. The minimum absolute atomic E-state index is 0.363. The molecule has 2 nitrogen and oxygen atoms in total. The number of hydrogen-bond acceptors (Lipinski definition) is 2. The highest BCUT2D eigenvalue weighted by atomic mass is 15.2. The van der Waals surface area contributed by atoms with E-state index in [-0.39, 0.29) is 0 Å². The number of nitrogens with zero attached hydrogens (tertiary/aromatic N) is 1. The molecule has 2 heteroatoms. The zero-order chi connectivity index (χ0) is 9.68. The van der Waals surface area contributed by atoms with Gasteiger partial charge in [-0.2, -0.15) is 0 Å². The highest BCUT2D eigenvalue weighted by molar-refractivity contribution is 4.78. The molecule has 1 aliphatic rings. The fourth-order valence-electron chi connectivity index (χ4n) is 2.34. The van der Waals surface area contributed by atoms with Gasteiger partial charge in [-0.15, -0.1) is 0 Å². The first-order chi connectivity index (χ1) is 6.24. The van der Waals surface area contributed by atoms with Crippen molar-refractivity contribution in [2.75, 3.05) is 13.1 Å². The van der Waals surface area contributed by atoms with Crippen molar-refractivity contribution < 1.29 is 0 Å². The Kier molecular flexibility index (Phi) is 4.74. The molecule has 0 aromatic heterocycles. The molecule has 2 unspecified atom stereocenters. The van der Waals surface area contributed by atoms with E-state index in [4.69, 9.17) is 5.73 Å². The van der Waals surface area contributed by atoms with Gasteiger partial charge < -0.3 is 10.6 Å². The summed E-state index contributed by atoms with van der Waals surface area (Å²) in [7, 11) is 0. The summed E-state index contributed by atoms with van der Waals surface area (Å²) >= 11 is 0. The Morgan fingerprint density at radius 2 is 2.23 bits per heavy atom. The average molecular weight is 184 g/mol. The predicted molar refractivity (Wildman–Crippen MR) is 57.8 cm³/mol. The Morgan fingerprint density at radius 3 is 2.85 bits per heavy atom. The minimum Gasteiger partial charge on any atom is -0.328 e. The first-order valence-electron chi connectivity index (χ1n) is 5.73. The lowest BCUT2D eigenvalue weighted by molar-refractivity contribution is 0.136. The van der Waals surface area contributed by atoms with Gasteiger partial charge in [0.2, 0.25) is 0 Å². The summed E-state index contributed by atoms with van der Waals surface area (Å²) in [5.74, 6) is 0. The molecule has 1 saturated heterocycles. The van der Waals surface area contributed by atoms with Gasteiger partial charge in [-0.05, 0) is 45.7 Å². The van der Waals surface area contributed by atoms with Crippen LogP contribution in [0.3, 0.4) is 0 Å². The molecule has 2 N–H and O–H groups in total. The summed E-state index contributed by atoms with van der Waals surface area (Å²) in [4.78, 5) is 2.63. The van der Waals surface area contributed by atoms with Crippen LogP contribution in [-0.4, -0.2) is 30.1 Å². The smallest absolute Gasteiger partial charge is 0.0110 e. The van der Waals surface area contributed by atoms with Crippen LogP contribution in [0.2, 0.25) is 0 Å². The maximum Gasteiger partial charge on any atom is 0.0110 e. The highest BCUT2D eigenvalue weighted by Gasteiger charge is 2.21. The van der Waals surface area contributed by atoms with E-state index >= 15 is 0 Å². The van der Waals surface area contributed by atoms with Crippen molar-refractivity contribution in [3.63, 3.8) is 0 Å². The molecule has 13 heavy (non-hydrogen) atoms. The van der Waals surface area contributed by atoms with Crippen LogP contribution in [-0.2, 0) is 0 Å². The Bertz CT molecular complexity index is 132. The standard InChI is InChI=1S/C11H24N2/c1-3-7-13-8-5-4-6-11(13)9-10(2)12/h10-11H,3-9,12H2,1-2H3. The van der Waals surface area contributed by atoms with Crippen LogP contribution in [0.4, 0.5) is 0 Å². The monoisotopic (exact) mass is 184 g/mol. The van der Waals surface area contributed by atoms with Crippen molar-refractivity contribution in [1.82, 2.24) is 4.90 Å². The molecule has 0 aromatic rings. The second kappa shape index (κ2) is 5.61. The summed E-state index contributed by atoms with van der Waals surface area (Å²) in [5.41, 5.74) is 5.85. The predicted octanol–water partition coefficient (Wildman–Crippen LogP) is 1.99. The van der Waals surface area contributed by atoms with Crippen LogP contribution in [0, 0.1) is 0 Å². The van der Waals surface area contributed by atoms with Crippen molar-refractivity contribution in [2.24, 2.45) is 5.73 Å². The number of piperidine rings is 1. The van der Waals surface area contributed by atoms with E-state index in [0.717, 1.165) is 6.04 Å². The van der Waals surface area contributed by atoms with Crippen LogP contribution in [0.1, 0.15) is 46.0 Å². The fraction of sp³-hybridized carbons (Fsp3) is 1.00. The van der Waals surface area contributed by atoms with E-state index in [1.165, 1.54) is 45.2 Å². The first-order valence-corrected chi connectivity index (χ1v) is 5.73. The van der Waals surface area contributed by atoms with E-state index in [9.17, 15) is 0 Å². The quantitative estimate of drug-likeness (QED) is 0.724. The molecule has 78 valence electrons. The zero-order valence-electron chi connectivity index (χ0n) is 9.13. The summed E-state index contributed by atoms with van der Waals surface area (Å²) in [6.07, 6.45) is 6.60. The molecule has 0 spiro atoms. The molecule has 2 atom stereocenters. The van der Waals surface area contributed by atoms with E-state index < -0.39 is 0 Å². The Morgan fingerprint density at radius 1 is 1.46 bits per heavy atom. The van der Waals surface area contributed by atoms with E-state index in [1.807, 2.05) is 0 Å². The van der Waals surface area contributed by atoms with Crippen LogP contribution in [0.15, 0.2) is 0 Å². The van der Waals surface area contributed by atoms with Crippen molar-refractivity contribution >= 4 is 0 Å². The molecule has 0 aliphatic carbocycles. The summed E-state index contributed by atoms with van der Waals surface area (Å²) in [5, 5.41) is 0. The number of nitrogens with two attached hydrogens (primary N) is 1. The van der Waals surface area contributed by atoms with Gasteiger partial charge in [0, 0.05) is 12.1 Å². The summed E-state index contributed by atoms with van der Waals surface area (Å²) < 4.78 is 0. The van der Waals surface area contributed by atoms with Crippen molar-refractivity contribution in [2.45, 2.75) is 58.0 Å². The fourth-order valence-corrected chi connectivity index (χ4v) is 2.34. The average Bonchev–Trinajstić information content (AvgIpc) is 2.08. The van der Waals surface area contributed by atoms with Gasteiger partial charge in [0.25, 0.3) is 0 Å². The highest BCUT2D eigenvalue weighted by Crippen LogP contribution is 2.20. The molecule has 1 rings (SSSR count). The molecule has 0 saturated carbocycles. The van der Waals surface area contributed by atoms with Crippen molar-refractivity contribution in [3.8, 4) is 0 Å². The van der Waals surface area contributed by atoms with Gasteiger partial charge in [0.1, 0.15) is 0 Å². The van der Waals surface area contributed by atoms with Gasteiger partial charge in [-0.1, -0.05) is 13.3 Å². The van der Waals surface area contributed by atoms with E-state index in [2.05, 4.69) is 18.7 Å². The number of hydrogen-bond donors (Lipinski definition) is 1. The Balaban J connectivity index is 2.36. The topological polar surface area (TPSA) is 29.3 Å². The van der Waals surface area contributed by atoms with Crippen molar-refractivity contribution in [3.05, 3.63) is 0 Å². The van der Waals surface area contributed by atoms with Gasteiger partial charge in [-0.25, -0.2) is 0 Å². The SMILES string of the molecule is CCCN1CCCCC1CC(C)N. The van der Waals surface area contributed by atoms with Crippen LogP contribution < -0.4 is 5.73 Å². The molecule has 1 aliphatic heterocycles. The summed E-state index contributed by atoms with van der Waals surface area (Å²) in [6, 6.07) is 1.14. The van der Waals surface area contributed by atoms with Crippen LogP contribution >= 0.6 is 0 Å². The number of rotatable bonds is 4. The molecule has 0 amide bonds. The molecular weight excluding hydrogens is 160 g/mol.